The molecule has 0 saturated heterocycles. The summed E-state index contributed by atoms with van der Waals surface area (Å²) in [6, 6.07) is 9.10. The zero-order chi connectivity index (χ0) is 18.0. The van der Waals surface area contributed by atoms with Gasteiger partial charge in [0.15, 0.2) is 22.9 Å². The predicted octanol–water partition coefficient (Wildman–Crippen LogP) is 2.94. The van der Waals surface area contributed by atoms with Crippen LogP contribution < -0.4 is 0 Å². The van der Waals surface area contributed by atoms with Crippen LogP contribution in [0.3, 0.4) is 0 Å². The van der Waals surface area contributed by atoms with Crippen LogP contribution >= 0.6 is 0 Å². The van der Waals surface area contributed by atoms with E-state index in [2.05, 4.69) is 19.9 Å². The number of carbonyl (C=O) groups is 2. The number of hydrogen-bond donors (Lipinski definition) is 2. The first-order valence-electron chi connectivity index (χ1n) is 7.04. The minimum atomic E-state index is -1.31. The minimum absolute atomic E-state index is 0.0529. The highest BCUT2D eigenvalue weighted by Gasteiger charge is 2.20. The Kier molecular flexibility index (Phi) is 4.12. The van der Waals surface area contributed by atoms with Crippen molar-refractivity contribution in [1.82, 2.24) is 9.38 Å². The number of ether oxygens (including phenoxy) is 1. The highest BCUT2D eigenvalue weighted by Crippen LogP contribution is 2.28. The maximum absolute atomic E-state index is 11.5. The van der Waals surface area contributed by atoms with Crippen molar-refractivity contribution in [2.75, 3.05) is 7.11 Å². The Morgan fingerprint density at radius 2 is 2.00 bits per heavy atom. The SMILES string of the molecule is COC(=O)c1cccc(N=Nc2c(C(=O)O)nc3c(O)cccn23)c1. The van der Waals surface area contributed by atoms with Gasteiger partial charge >= 0.3 is 11.9 Å². The van der Waals surface area contributed by atoms with Crippen LogP contribution in [-0.4, -0.2) is 38.6 Å². The Balaban J connectivity index is 2.07. The number of carboxylic acids is 1. The van der Waals surface area contributed by atoms with Crippen molar-refractivity contribution in [2.24, 2.45) is 10.2 Å². The number of rotatable bonds is 4. The molecule has 3 rings (SSSR count). The van der Waals surface area contributed by atoms with Gasteiger partial charge in [-0.15, -0.1) is 10.2 Å². The maximum Gasteiger partial charge on any atom is 0.358 e. The van der Waals surface area contributed by atoms with Crippen LogP contribution in [0.15, 0.2) is 52.8 Å². The first-order valence-corrected chi connectivity index (χ1v) is 7.04. The number of aromatic hydroxyl groups is 1. The fourth-order valence-corrected chi connectivity index (χ4v) is 2.20. The van der Waals surface area contributed by atoms with Crippen molar-refractivity contribution in [2.45, 2.75) is 0 Å². The van der Waals surface area contributed by atoms with Crippen molar-refractivity contribution in [3.05, 3.63) is 53.9 Å². The predicted molar refractivity (Wildman–Crippen MR) is 85.8 cm³/mol. The minimum Gasteiger partial charge on any atom is -0.504 e. The van der Waals surface area contributed by atoms with Gasteiger partial charge in [-0.1, -0.05) is 6.07 Å². The van der Waals surface area contributed by atoms with Crippen LogP contribution in [0.1, 0.15) is 20.8 Å². The second-order valence-electron chi connectivity index (χ2n) is 4.92. The molecule has 0 radical (unpaired) electrons. The van der Waals surface area contributed by atoms with E-state index in [1.54, 1.807) is 18.2 Å². The monoisotopic (exact) mass is 340 g/mol. The lowest BCUT2D eigenvalue weighted by atomic mass is 10.2. The summed E-state index contributed by atoms with van der Waals surface area (Å²) in [6.45, 7) is 0. The number of aromatic nitrogens is 2. The van der Waals surface area contributed by atoms with Crippen LogP contribution in [0.25, 0.3) is 5.65 Å². The first kappa shape index (κ1) is 16.1. The molecule has 0 saturated carbocycles. The van der Waals surface area contributed by atoms with E-state index < -0.39 is 11.9 Å². The largest absolute Gasteiger partial charge is 0.504 e. The van der Waals surface area contributed by atoms with Gasteiger partial charge in [0, 0.05) is 6.20 Å². The summed E-state index contributed by atoms with van der Waals surface area (Å²) in [5, 5.41) is 27.0. The smallest absolute Gasteiger partial charge is 0.358 e. The number of azo groups is 1. The number of methoxy groups -OCH3 is 1. The van der Waals surface area contributed by atoms with Crippen molar-refractivity contribution in [3.8, 4) is 5.75 Å². The molecule has 2 heterocycles. The molecule has 0 aliphatic heterocycles. The van der Waals surface area contributed by atoms with Crippen LogP contribution in [0, 0.1) is 0 Å². The zero-order valence-electron chi connectivity index (χ0n) is 12.9. The molecule has 2 aromatic heterocycles. The molecule has 0 aliphatic rings. The van der Waals surface area contributed by atoms with Gasteiger partial charge in [0.2, 0.25) is 0 Å². The molecule has 0 fully saturated rings. The molecule has 3 aromatic rings. The Morgan fingerprint density at radius 3 is 2.72 bits per heavy atom. The number of esters is 1. The van der Waals surface area contributed by atoms with E-state index in [1.807, 2.05) is 0 Å². The topological polar surface area (TPSA) is 126 Å². The van der Waals surface area contributed by atoms with Gasteiger partial charge in [-0.25, -0.2) is 14.6 Å². The molecule has 126 valence electrons. The fourth-order valence-electron chi connectivity index (χ4n) is 2.20. The quantitative estimate of drug-likeness (QED) is 0.555. The number of carboxylic acid groups (broad SMARTS) is 1. The molecule has 9 nitrogen and oxygen atoms in total. The van der Waals surface area contributed by atoms with Crippen molar-refractivity contribution >= 4 is 29.1 Å². The third-order valence-electron chi connectivity index (χ3n) is 3.33. The third kappa shape index (κ3) is 3.02. The van der Waals surface area contributed by atoms with Crippen LogP contribution in [0.2, 0.25) is 0 Å². The van der Waals surface area contributed by atoms with E-state index in [0.717, 1.165) is 0 Å². The molecule has 0 atom stereocenters. The van der Waals surface area contributed by atoms with E-state index in [9.17, 15) is 19.8 Å². The number of carbonyl (C=O) groups excluding carboxylic acids is 1. The number of fused-ring (bicyclic) bond motifs is 1. The van der Waals surface area contributed by atoms with Crippen molar-refractivity contribution in [1.29, 1.82) is 0 Å². The van der Waals surface area contributed by atoms with Crippen LogP contribution in [-0.2, 0) is 4.74 Å². The van der Waals surface area contributed by atoms with E-state index in [4.69, 9.17) is 0 Å². The Labute approximate surface area is 140 Å². The molecule has 0 unspecified atom stereocenters. The Hall–Kier alpha value is -3.75. The molecule has 25 heavy (non-hydrogen) atoms. The number of aromatic carboxylic acids is 1. The molecule has 0 bridgehead atoms. The lowest BCUT2D eigenvalue weighted by molar-refractivity contribution is 0.0599. The van der Waals surface area contributed by atoms with Gasteiger partial charge in [-0.05, 0) is 30.3 Å². The molecule has 0 spiro atoms. The van der Waals surface area contributed by atoms with E-state index in [-0.39, 0.29) is 28.5 Å². The van der Waals surface area contributed by atoms with Crippen molar-refractivity contribution < 1.29 is 24.5 Å². The van der Waals surface area contributed by atoms with Gasteiger partial charge in [-0.3, -0.25) is 4.40 Å². The lowest BCUT2D eigenvalue weighted by Crippen LogP contribution is -1.99. The normalized spacial score (nSPS) is 11.1. The summed E-state index contributed by atoms with van der Waals surface area (Å²) in [6.07, 6.45) is 1.51. The van der Waals surface area contributed by atoms with Gasteiger partial charge in [0.25, 0.3) is 0 Å². The summed E-state index contributed by atoms with van der Waals surface area (Å²) < 4.78 is 5.94. The van der Waals surface area contributed by atoms with Gasteiger partial charge in [0.1, 0.15) is 0 Å². The standard InChI is InChI=1S/C16H12N4O5/c1-25-16(24)9-4-2-5-10(8-9)18-19-14-12(15(22)23)17-13-11(21)6-3-7-20(13)14/h2-8,21H,1H3,(H,22,23). The fraction of sp³-hybridized carbons (Fsp3) is 0.0625. The summed E-state index contributed by atoms with van der Waals surface area (Å²) in [5.41, 5.74) is 0.314. The Bertz CT molecular complexity index is 1010. The molecule has 1 aromatic carbocycles. The zero-order valence-corrected chi connectivity index (χ0v) is 12.9. The number of imidazole rings is 1. The molecular formula is C16H12N4O5. The van der Waals surface area contributed by atoms with Gasteiger partial charge in [-0.2, -0.15) is 0 Å². The molecule has 2 N–H and O–H groups in total. The summed E-state index contributed by atoms with van der Waals surface area (Å²) in [5.74, 6) is -2.07. The van der Waals surface area contributed by atoms with Crippen LogP contribution in [0.5, 0.6) is 5.75 Å². The summed E-state index contributed by atoms with van der Waals surface area (Å²) in [7, 11) is 1.26. The molecule has 0 aliphatic carbocycles. The second-order valence-corrected chi connectivity index (χ2v) is 4.92. The summed E-state index contributed by atoms with van der Waals surface area (Å²) in [4.78, 5) is 26.8. The van der Waals surface area contributed by atoms with Crippen molar-refractivity contribution in [3.63, 3.8) is 0 Å². The molecule has 0 amide bonds. The second kappa shape index (κ2) is 6.40. The number of benzene rings is 1. The van der Waals surface area contributed by atoms with E-state index >= 15 is 0 Å². The van der Waals surface area contributed by atoms with E-state index in [1.165, 1.54) is 35.9 Å². The number of pyridine rings is 1. The lowest BCUT2D eigenvalue weighted by Gasteiger charge is -2.00. The highest BCUT2D eigenvalue weighted by atomic mass is 16.5. The van der Waals surface area contributed by atoms with Gasteiger partial charge in [0.05, 0.1) is 18.4 Å². The molecule has 9 heteroatoms. The Morgan fingerprint density at radius 1 is 1.20 bits per heavy atom. The first-order chi connectivity index (χ1) is 12.0. The van der Waals surface area contributed by atoms with Crippen LogP contribution in [0.4, 0.5) is 11.5 Å². The summed E-state index contributed by atoms with van der Waals surface area (Å²) >= 11 is 0. The highest BCUT2D eigenvalue weighted by molar-refractivity contribution is 5.92. The average Bonchev–Trinajstić information content (AvgIpc) is 3.00. The maximum atomic E-state index is 11.5. The molecular weight excluding hydrogens is 328 g/mol. The average molecular weight is 340 g/mol. The van der Waals surface area contributed by atoms with Gasteiger partial charge < -0.3 is 14.9 Å². The van der Waals surface area contributed by atoms with E-state index in [0.29, 0.717) is 5.69 Å². The number of nitrogens with zero attached hydrogens (tertiary/aromatic N) is 4. The number of hydrogen-bond acceptors (Lipinski definition) is 7. The third-order valence-corrected chi connectivity index (χ3v) is 3.33.